The number of hydrogen-bond acceptors (Lipinski definition) is 6. The quantitative estimate of drug-likeness (QED) is 0.641. The molecule has 1 aliphatic heterocycles. The monoisotopic (exact) mass is 430 g/mol. The number of ether oxygens (including phenoxy) is 1. The summed E-state index contributed by atoms with van der Waals surface area (Å²) in [6.45, 7) is 4.28. The number of hydrogen-bond donors (Lipinski definition) is 2. The SMILES string of the molecule is CC1COCCN1c1cc(-c2ccncc2)nc(-c2ccc(NC(=O)NC3CC3)cc2)n1. The summed E-state index contributed by atoms with van der Waals surface area (Å²) in [6, 6.07) is 13.9. The van der Waals surface area contributed by atoms with E-state index >= 15 is 0 Å². The Balaban J connectivity index is 1.45. The molecule has 1 saturated carbocycles. The van der Waals surface area contributed by atoms with E-state index in [1.165, 1.54) is 0 Å². The van der Waals surface area contributed by atoms with E-state index in [1.807, 2.05) is 42.5 Å². The van der Waals surface area contributed by atoms with Crippen molar-refractivity contribution in [2.75, 3.05) is 30.0 Å². The van der Waals surface area contributed by atoms with Gasteiger partial charge in [0, 0.05) is 47.9 Å². The van der Waals surface area contributed by atoms with Crippen LogP contribution in [0.25, 0.3) is 22.6 Å². The summed E-state index contributed by atoms with van der Waals surface area (Å²) in [5.41, 5.74) is 3.45. The van der Waals surface area contributed by atoms with Gasteiger partial charge < -0.3 is 20.3 Å². The van der Waals surface area contributed by atoms with E-state index in [2.05, 4.69) is 27.4 Å². The van der Waals surface area contributed by atoms with Crippen LogP contribution in [0.15, 0.2) is 54.9 Å². The van der Waals surface area contributed by atoms with E-state index in [4.69, 9.17) is 14.7 Å². The Bertz CT molecular complexity index is 1090. The van der Waals surface area contributed by atoms with Gasteiger partial charge in [-0.1, -0.05) is 0 Å². The Morgan fingerprint density at radius 3 is 2.56 bits per heavy atom. The summed E-state index contributed by atoms with van der Waals surface area (Å²) in [4.78, 5) is 28.1. The largest absolute Gasteiger partial charge is 0.377 e. The van der Waals surface area contributed by atoms with Crippen molar-refractivity contribution in [3.63, 3.8) is 0 Å². The minimum absolute atomic E-state index is 0.167. The fourth-order valence-electron chi connectivity index (χ4n) is 3.73. The van der Waals surface area contributed by atoms with Gasteiger partial charge in [0.25, 0.3) is 0 Å². The van der Waals surface area contributed by atoms with Crippen LogP contribution in [0, 0.1) is 0 Å². The first-order valence-corrected chi connectivity index (χ1v) is 11.0. The molecule has 32 heavy (non-hydrogen) atoms. The zero-order valence-corrected chi connectivity index (χ0v) is 18.0. The molecular weight excluding hydrogens is 404 g/mol. The molecule has 1 saturated heterocycles. The molecule has 2 aliphatic rings. The van der Waals surface area contributed by atoms with Crippen LogP contribution >= 0.6 is 0 Å². The second kappa shape index (κ2) is 8.92. The molecule has 8 nitrogen and oxygen atoms in total. The van der Waals surface area contributed by atoms with E-state index in [0.717, 1.165) is 47.7 Å². The summed E-state index contributed by atoms with van der Waals surface area (Å²) in [5, 5.41) is 5.80. The first-order chi connectivity index (χ1) is 15.7. The Labute approximate surface area is 187 Å². The highest BCUT2D eigenvalue weighted by molar-refractivity contribution is 5.89. The normalized spacial score (nSPS) is 18.3. The molecule has 1 atom stereocenters. The van der Waals surface area contributed by atoms with Gasteiger partial charge in [-0.3, -0.25) is 4.98 Å². The standard InChI is InChI=1S/C24H26N6O2/c1-16-15-32-13-12-30(16)22-14-21(17-8-10-25-11-9-17)28-23(29-22)18-2-4-19(5-3-18)26-24(31)27-20-6-7-20/h2-5,8-11,14,16,20H,6-7,12-13,15H2,1H3,(H2,26,27,31). The molecule has 0 spiro atoms. The average molecular weight is 431 g/mol. The Kier molecular flexibility index (Phi) is 5.68. The van der Waals surface area contributed by atoms with Gasteiger partial charge in [-0.05, 0) is 56.2 Å². The Morgan fingerprint density at radius 2 is 1.84 bits per heavy atom. The van der Waals surface area contributed by atoms with Crippen LogP contribution in [0.4, 0.5) is 16.3 Å². The minimum Gasteiger partial charge on any atom is -0.377 e. The lowest BCUT2D eigenvalue weighted by Crippen LogP contribution is -2.44. The van der Waals surface area contributed by atoms with Gasteiger partial charge in [0.15, 0.2) is 5.82 Å². The van der Waals surface area contributed by atoms with Crippen LogP contribution in [0.3, 0.4) is 0 Å². The number of aromatic nitrogens is 3. The van der Waals surface area contributed by atoms with Crippen LogP contribution in [-0.4, -0.2) is 52.8 Å². The third-order valence-corrected chi connectivity index (χ3v) is 5.66. The molecule has 2 fully saturated rings. The summed E-state index contributed by atoms with van der Waals surface area (Å²) in [6.07, 6.45) is 5.64. The van der Waals surface area contributed by atoms with E-state index < -0.39 is 0 Å². The number of nitrogens with zero attached hydrogens (tertiary/aromatic N) is 4. The maximum absolute atomic E-state index is 12.0. The molecule has 164 valence electrons. The lowest BCUT2D eigenvalue weighted by molar-refractivity contribution is 0.0985. The molecule has 1 unspecified atom stereocenters. The third-order valence-electron chi connectivity index (χ3n) is 5.66. The molecule has 0 radical (unpaired) electrons. The smallest absolute Gasteiger partial charge is 0.319 e. The number of carbonyl (C=O) groups excluding carboxylic acids is 1. The maximum Gasteiger partial charge on any atom is 0.319 e. The molecular formula is C24H26N6O2. The first kappa shape index (κ1) is 20.4. The van der Waals surface area contributed by atoms with Crippen LogP contribution in [0.1, 0.15) is 19.8 Å². The predicted octanol–water partition coefficient (Wildman–Crippen LogP) is 3.71. The molecule has 1 aromatic carbocycles. The minimum atomic E-state index is -0.167. The number of benzene rings is 1. The second-order valence-electron chi connectivity index (χ2n) is 8.24. The molecule has 8 heteroatoms. The topological polar surface area (TPSA) is 92.3 Å². The van der Waals surface area contributed by atoms with Crippen LogP contribution in [0.5, 0.6) is 0 Å². The summed E-state index contributed by atoms with van der Waals surface area (Å²) in [5.74, 6) is 1.52. The molecule has 1 aliphatic carbocycles. The summed E-state index contributed by atoms with van der Waals surface area (Å²) < 4.78 is 5.60. The van der Waals surface area contributed by atoms with Crippen molar-refractivity contribution in [1.29, 1.82) is 0 Å². The highest BCUT2D eigenvalue weighted by Crippen LogP contribution is 2.28. The Hall–Kier alpha value is -3.52. The van der Waals surface area contributed by atoms with Crippen molar-refractivity contribution >= 4 is 17.5 Å². The van der Waals surface area contributed by atoms with Crippen molar-refractivity contribution in [3.8, 4) is 22.6 Å². The fourth-order valence-corrected chi connectivity index (χ4v) is 3.73. The number of anilines is 2. The van der Waals surface area contributed by atoms with Crippen LogP contribution in [-0.2, 0) is 4.74 Å². The summed E-state index contributed by atoms with van der Waals surface area (Å²) >= 11 is 0. The number of carbonyl (C=O) groups is 1. The van der Waals surface area contributed by atoms with E-state index in [9.17, 15) is 4.79 Å². The third kappa shape index (κ3) is 4.70. The van der Waals surface area contributed by atoms with Crippen molar-refractivity contribution in [2.24, 2.45) is 0 Å². The molecule has 2 N–H and O–H groups in total. The zero-order valence-electron chi connectivity index (χ0n) is 18.0. The van der Waals surface area contributed by atoms with Crippen molar-refractivity contribution in [1.82, 2.24) is 20.3 Å². The van der Waals surface area contributed by atoms with E-state index in [-0.39, 0.29) is 12.1 Å². The summed E-state index contributed by atoms with van der Waals surface area (Å²) in [7, 11) is 0. The molecule has 2 amide bonds. The maximum atomic E-state index is 12.0. The molecule has 2 aromatic heterocycles. The lowest BCUT2D eigenvalue weighted by Gasteiger charge is -2.34. The Morgan fingerprint density at radius 1 is 1.06 bits per heavy atom. The zero-order chi connectivity index (χ0) is 21.9. The predicted molar refractivity (Wildman–Crippen MR) is 124 cm³/mol. The number of morpholine rings is 1. The number of rotatable bonds is 5. The van der Waals surface area contributed by atoms with Gasteiger partial charge in [0.05, 0.1) is 24.9 Å². The lowest BCUT2D eigenvalue weighted by atomic mass is 10.1. The van der Waals surface area contributed by atoms with Crippen molar-refractivity contribution < 1.29 is 9.53 Å². The van der Waals surface area contributed by atoms with Gasteiger partial charge in [-0.2, -0.15) is 0 Å². The fraction of sp³-hybridized carbons (Fsp3) is 0.333. The van der Waals surface area contributed by atoms with Gasteiger partial charge in [-0.25, -0.2) is 14.8 Å². The highest BCUT2D eigenvalue weighted by Gasteiger charge is 2.24. The van der Waals surface area contributed by atoms with E-state index in [1.54, 1.807) is 12.4 Å². The molecule has 0 bridgehead atoms. The number of urea groups is 1. The second-order valence-corrected chi connectivity index (χ2v) is 8.24. The van der Waals surface area contributed by atoms with Crippen molar-refractivity contribution in [3.05, 3.63) is 54.9 Å². The molecule has 3 heterocycles. The highest BCUT2D eigenvalue weighted by atomic mass is 16.5. The number of pyridine rings is 1. The van der Waals surface area contributed by atoms with Gasteiger partial charge in [0.1, 0.15) is 5.82 Å². The average Bonchev–Trinajstić information content (AvgIpc) is 3.64. The number of amides is 2. The van der Waals surface area contributed by atoms with Gasteiger partial charge >= 0.3 is 6.03 Å². The van der Waals surface area contributed by atoms with E-state index in [0.29, 0.717) is 25.1 Å². The number of nitrogens with one attached hydrogen (secondary N) is 2. The van der Waals surface area contributed by atoms with Gasteiger partial charge in [0.2, 0.25) is 0 Å². The molecule has 3 aromatic rings. The van der Waals surface area contributed by atoms with Crippen LogP contribution < -0.4 is 15.5 Å². The van der Waals surface area contributed by atoms with Gasteiger partial charge in [-0.15, -0.1) is 0 Å². The molecule has 5 rings (SSSR count). The van der Waals surface area contributed by atoms with Crippen LogP contribution in [0.2, 0.25) is 0 Å². The van der Waals surface area contributed by atoms with Crippen molar-refractivity contribution in [2.45, 2.75) is 31.8 Å². The first-order valence-electron chi connectivity index (χ1n) is 11.0.